The number of benzene rings is 2. The molecule has 3 rings (SSSR count). The van der Waals surface area contributed by atoms with Crippen molar-refractivity contribution < 1.29 is 8.42 Å². The fourth-order valence-electron chi connectivity index (χ4n) is 2.33. The summed E-state index contributed by atoms with van der Waals surface area (Å²) in [5.41, 5.74) is 4.14. The highest BCUT2D eigenvalue weighted by atomic mass is 32.2. The number of para-hydroxylation sites is 1. The van der Waals surface area contributed by atoms with E-state index in [0.717, 1.165) is 28.8 Å². The van der Waals surface area contributed by atoms with Gasteiger partial charge in [0.15, 0.2) is 0 Å². The summed E-state index contributed by atoms with van der Waals surface area (Å²) in [7, 11) is -3.30. The number of anilines is 3. The van der Waals surface area contributed by atoms with Crippen molar-refractivity contribution in [3.63, 3.8) is 0 Å². The van der Waals surface area contributed by atoms with Crippen LogP contribution in [0.5, 0.6) is 0 Å². The second-order valence-corrected chi connectivity index (χ2v) is 7.16. The molecule has 24 heavy (non-hydrogen) atoms. The third kappa shape index (κ3) is 4.33. The first-order valence-corrected chi connectivity index (χ1v) is 9.24. The van der Waals surface area contributed by atoms with Gasteiger partial charge < -0.3 is 5.32 Å². The molecule has 122 valence electrons. The van der Waals surface area contributed by atoms with Crippen LogP contribution < -0.4 is 10.0 Å². The molecule has 5 nitrogen and oxygen atoms in total. The summed E-state index contributed by atoms with van der Waals surface area (Å²) in [5.74, 6) is 0. The van der Waals surface area contributed by atoms with Crippen LogP contribution in [0.15, 0.2) is 73.1 Å². The fraction of sp³-hybridized carbons (Fsp3) is 0.0556. The number of hydrogen-bond acceptors (Lipinski definition) is 4. The van der Waals surface area contributed by atoms with Crippen molar-refractivity contribution in [2.24, 2.45) is 0 Å². The Kier molecular flexibility index (Phi) is 4.48. The van der Waals surface area contributed by atoms with Gasteiger partial charge in [0.05, 0.1) is 18.1 Å². The van der Waals surface area contributed by atoms with Crippen LogP contribution in [0.4, 0.5) is 17.1 Å². The predicted molar refractivity (Wildman–Crippen MR) is 97.9 cm³/mol. The molecular weight excluding hydrogens is 322 g/mol. The highest BCUT2D eigenvalue weighted by Crippen LogP contribution is 2.26. The average molecular weight is 339 g/mol. The van der Waals surface area contributed by atoms with Crippen LogP contribution in [0, 0.1) is 0 Å². The number of sulfonamides is 1. The van der Waals surface area contributed by atoms with Crippen LogP contribution in [0.1, 0.15) is 0 Å². The minimum atomic E-state index is -3.30. The van der Waals surface area contributed by atoms with E-state index in [2.05, 4.69) is 15.0 Å². The maximum atomic E-state index is 11.4. The molecule has 0 fully saturated rings. The lowest BCUT2D eigenvalue weighted by molar-refractivity contribution is 0.607. The Bertz CT molecular complexity index is 941. The van der Waals surface area contributed by atoms with Crippen LogP contribution in [0.2, 0.25) is 0 Å². The van der Waals surface area contributed by atoms with Gasteiger partial charge in [-0.3, -0.25) is 9.71 Å². The predicted octanol–water partition coefficient (Wildman–Crippen LogP) is 3.86. The number of hydrogen-bond donors (Lipinski definition) is 2. The Labute approximate surface area is 141 Å². The third-order valence-corrected chi connectivity index (χ3v) is 3.91. The van der Waals surface area contributed by atoms with Gasteiger partial charge in [0, 0.05) is 23.1 Å². The molecule has 2 aromatic carbocycles. The second kappa shape index (κ2) is 6.72. The zero-order valence-corrected chi connectivity index (χ0v) is 13.9. The average Bonchev–Trinajstić information content (AvgIpc) is 2.55. The summed E-state index contributed by atoms with van der Waals surface area (Å²) in [4.78, 5) is 4.26. The number of rotatable bonds is 5. The smallest absolute Gasteiger partial charge is 0.229 e. The Morgan fingerprint density at radius 3 is 2.25 bits per heavy atom. The van der Waals surface area contributed by atoms with E-state index in [1.165, 1.54) is 0 Å². The zero-order chi connectivity index (χ0) is 17.0. The Morgan fingerprint density at radius 2 is 1.50 bits per heavy atom. The maximum absolute atomic E-state index is 11.4. The minimum Gasteiger partial charge on any atom is -0.354 e. The molecule has 0 unspecified atom stereocenters. The number of aromatic nitrogens is 1. The lowest BCUT2D eigenvalue weighted by Gasteiger charge is -2.09. The van der Waals surface area contributed by atoms with E-state index < -0.39 is 10.0 Å². The first kappa shape index (κ1) is 16.0. The molecule has 1 heterocycles. The number of nitrogens with zero attached hydrogens (tertiary/aromatic N) is 1. The summed E-state index contributed by atoms with van der Waals surface area (Å²) in [6, 6.07) is 19.0. The maximum Gasteiger partial charge on any atom is 0.229 e. The molecule has 1 aromatic heterocycles. The molecule has 6 heteroatoms. The van der Waals surface area contributed by atoms with E-state index >= 15 is 0 Å². The van der Waals surface area contributed by atoms with Gasteiger partial charge in [0.25, 0.3) is 0 Å². The molecule has 3 aromatic rings. The Morgan fingerprint density at radius 1 is 0.792 bits per heavy atom. The first-order chi connectivity index (χ1) is 11.5. The quantitative estimate of drug-likeness (QED) is 0.740. The van der Waals surface area contributed by atoms with Crippen molar-refractivity contribution in [2.45, 2.75) is 0 Å². The van der Waals surface area contributed by atoms with E-state index in [0.29, 0.717) is 5.69 Å². The van der Waals surface area contributed by atoms with Crippen molar-refractivity contribution >= 4 is 27.1 Å². The minimum absolute atomic E-state index is 0.524. The number of nitrogens with one attached hydrogen (secondary N) is 2. The van der Waals surface area contributed by atoms with Gasteiger partial charge in [-0.15, -0.1) is 0 Å². The molecule has 0 spiro atoms. The molecule has 0 aliphatic rings. The van der Waals surface area contributed by atoms with Gasteiger partial charge in [-0.2, -0.15) is 0 Å². The van der Waals surface area contributed by atoms with Crippen molar-refractivity contribution in [3.05, 3.63) is 73.1 Å². The summed E-state index contributed by atoms with van der Waals surface area (Å²) in [6.45, 7) is 0. The summed E-state index contributed by atoms with van der Waals surface area (Å²) in [6.07, 6.45) is 4.62. The van der Waals surface area contributed by atoms with Crippen LogP contribution in [0.25, 0.3) is 11.1 Å². The molecule has 0 atom stereocenters. The Balaban J connectivity index is 1.87. The fourth-order valence-corrected chi connectivity index (χ4v) is 2.89. The van der Waals surface area contributed by atoms with Crippen LogP contribution in [-0.2, 0) is 10.0 Å². The van der Waals surface area contributed by atoms with E-state index in [9.17, 15) is 8.42 Å². The molecule has 0 aliphatic carbocycles. The van der Waals surface area contributed by atoms with Crippen molar-refractivity contribution in [2.75, 3.05) is 16.3 Å². The molecule has 0 radical (unpaired) electrons. The van der Waals surface area contributed by atoms with E-state index in [4.69, 9.17) is 0 Å². The van der Waals surface area contributed by atoms with Crippen molar-refractivity contribution in [3.8, 4) is 11.1 Å². The van der Waals surface area contributed by atoms with Gasteiger partial charge in [-0.1, -0.05) is 30.3 Å². The summed E-state index contributed by atoms with van der Waals surface area (Å²) in [5, 5.41) is 3.29. The summed E-state index contributed by atoms with van der Waals surface area (Å²) < 4.78 is 25.2. The number of pyridine rings is 1. The van der Waals surface area contributed by atoms with E-state index in [1.54, 1.807) is 30.6 Å². The van der Waals surface area contributed by atoms with Crippen LogP contribution >= 0.6 is 0 Å². The Hall–Kier alpha value is -2.86. The standard InChI is InChI=1S/C18H17N3O2S/c1-24(22,23)21-17-9-5-6-14(10-17)15-11-18(13-19-12-15)20-16-7-3-2-4-8-16/h2-13,20-21H,1H3. The van der Waals surface area contributed by atoms with Crippen LogP contribution in [0.3, 0.4) is 0 Å². The molecule has 0 saturated heterocycles. The zero-order valence-electron chi connectivity index (χ0n) is 13.1. The van der Waals surface area contributed by atoms with Crippen molar-refractivity contribution in [1.29, 1.82) is 0 Å². The van der Waals surface area contributed by atoms with Gasteiger partial charge in [0.2, 0.25) is 10.0 Å². The molecular formula is C18H17N3O2S. The normalized spacial score (nSPS) is 11.0. The first-order valence-electron chi connectivity index (χ1n) is 7.35. The van der Waals surface area contributed by atoms with Gasteiger partial charge in [0.1, 0.15) is 0 Å². The molecule has 0 amide bonds. The lowest BCUT2D eigenvalue weighted by atomic mass is 10.1. The highest BCUT2D eigenvalue weighted by Gasteiger charge is 2.05. The van der Waals surface area contributed by atoms with Crippen LogP contribution in [-0.4, -0.2) is 19.7 Å². The molecule has 0 bridgehead atoms. The molecule has 0 saturated carbocycles. The topological polar surface area (TPSA) is 71.1 Å². The summed E-state index contributed by atoms with van der Waals surface area (Å²) >= 11 is 0. The third-order valence-electron chi connectivity index (χ3n) is 3.30. The molecule has 2 N–H and O–H groups in total. The SMILES string of the molecule is CS(=O)(=O)Nc1cccc(-c2cncc(Nc3ccccc3)c2)c1. The van der Waals surface area contributed by atoms with Gasteiger partial charge >= 0.3 is 0 Å². The lowest BCUT2D eigenvalue weighted by Crippen LogP contribution is -2.09. The van der Waals surface area contributed by atoms with Crippen molar-refractivity contribution in [1.82, 2.24) is 4.98 Å². The van der Waals surface area contributed by atoms with Gasteiger partial charge in [-0.05, 0) is 35.9 Å². The monoisotopic (exact) mass is 339 g/mol. The molecule has 0 aliphatic heterocycles. The van der Waals surface area contributed by atoms with E-state index in [-0.39, 0.29) is 0 Å². The van der Waals surface area contributed by atoms with Gasteiger partial charge in [-0.25, -0.2) is 8.42 Å². The second-order valence-electron chi connectivity index (χ2n) is 5.41. The highest BCUT2D eigenvalue weighted by molar-refractivity contribution is 7.92. The largest absolute Gasteiger partial charge is 0.354 e. The van der Waals surface area contributed by atoms with E-state index in [1.807, 2.05) is 42.5 Å².